The van der Waals surface area contributed by atoms with Crippen molar-refractivity contribution in [2.24, 2.45) is 0 Å². The number of fused-ring (bicyclic) bond motifs is 5. The zero-order valence-corrected chi connectivity index (χ0v) is 15.7. The van der Waals surface area contributed by atoms with Gasteiger partial charge in [0.1, 0.15) is 10.8 Å². The summed E-state index contributed by atoms with van der Waals surface area (Å²) in [5.74, 6) is -0.290. The van der Waals surface area contributed by atoms with E-state index in [1.807, 2.05) is 6.07 Å². The Morgan fingerprint density at radius 2 is 2.08 bits per heavy atom. The normalized spacial score (nSPS) is 16.0. The molecule has 2 aromatic rings. The molecule has 1 N–H and O–H groups in total. The van der Waals surface area contributed by atoms with E-state index < -0.39 is 11.7 Å². The average molecular weight is 374 g/mol. The molecule has 4 rings (SSSR count). The van der Waals surface area contributed by atoms with E-state index in [9.17, 15) is 9.59 Å². The Labute approximate surface area is 156 Å². The van der Waals surface area contributed by atoms with Gasteiger partial charge in [0.05, 0.1) is 11.3 Å². The Morgan fingerprint density at radius 1 is 1.31 bits per heavy atom. The van der Waals surface area contributed by atoms with E-state index in [-0.39, 0.29) is 5.91 Å². The molecule has 0 fully saturated rings. The summed E-state index contributed by atoms with van der Waals surface area (Å²) in [5, 5.41) is 0.422. The number of nitrogens with zero attached hydrogens (tertiary/aromatic N) is 2. The second-order valence-corrected chi connectivity index (χ2v) is 8.07. The van der Waals surface area contributed by atoms with Crippen molar-refractivity contribution in [3.8, 4) is 11.3 Å². The number of rotatable bonds is 0. The number of nitrogens with one attached hydrogen (secondary N) is 1. The first kappa shape index (κ1) is 17.1. The van der Waals surface area contributed by atoms with Crippen molar-refractivity contribution in [1.29, 1.82) is 0 Å². The average Bonchev–Trinajstić information content (AvgIpc) is 2.93. The maximum atomic E-state index is 13.0. The van der Waals surface area contributed by atoms with Crippen molar-refractivity contribution in [2.45, 2.75) is 45.6 Å². The van der Waals surface area contributed by atoms with E-state index in [0.29, 0.717) is 23.7 Å². The molecule has 0 radical (unpaired) electrons. The van der Waals surface area contributed by atoms with Gasteiger partial charge in [-0.2, -0.15) is 0 Å². The fraction of sp³-hybridized carbons (Fsp3) is 0.421. The van der Waals surface area contributed by atoms with Crippen LogP contribution in [0.2, 0.25) is 5.15 Å². The molecule has 6 nitrogen and oxygen atoms in total. The molecule has 1 aliphatic carbocycles. The molecule has 2 aliphatic rings. The lowest BCUT2D eigenvalue weighted by Gasteiger charge is -2.29. The quantitative estimate of drug-likeness (QED) is 0.713. The summed E-state index contributed by atoms with van der Waals surface area (Å²) in [7, 11) is 0. The summed E-state index contributed by atoms with van der Waals surface area (Å²) in [6, 6.07) is 1.83. The van der Waals surface area contributed by atoms with Gasteiger partial charge in [-0.1, -0.05) is 11.6 Å². The third kappa shape index (κ3) is 2.78. The highest BCUT2D eigenvalue weighted by Crippen LogP contribution is 2.38. The third-order valence-corrected chi connectivity index (χ3v) is 4.91. The minimum absolute atomic E-state index is 0.290. The van der Waals surface area contributed by atoms with Gasteiger partial charge in [-0.3, -0.25) is 4.79 Å². The van der Waals surface area contributed by atoms with Crippen molar-refractivity contribution < 1.29 is 14.3 Å². The maximum absolute atomic E-state index is 13.0. The lowest BCUT2D eigenvalue weighted by atomic mass is 9.88. The van der Waals surface area contributed by atoms with Gasteiger partial charge in [0.25, 0.3) is 5.91 Å². The number of imide groups is 1. The zero-order valence-electron chi connectivity index (χ0n) is 15.0. The minimum atomic E-state index is -0.641. The monoisotopic (exact) mass is 373 g/mol. The Hall–Kier alpha value is -2.34. The fourth-order valence-electron chi connectivity index (χ4n) is 3.62. The Kier molecular flexibility index (Phi) is 3.84. The van der Waals surface area contributed by atoms with Crippen LogP contribution in [0.4, 0.5) is 4.79 Å². The van der Waals surface area contributed by atoms with E-state index in [0.717, 1.165) is 40.9 Å². The molecule has 3 heterocycles. The molecule has 7 heteroatoms. The largest absolute Gasteiger partial charge is 0.443 e. The number of hydrogen-bond acceptors (Lipinski definition) is 4. The van der Waals surface area contributed by atoms with Crippen LogP contribution in [-0.2, 0) is 24.0 Å². The number of H-pyrrole nitrogens is 1. The van der Waals surface area contributed by atoms with E-state index >= 15 is 0 Å². The Balaban J connectivity index is 1.73. The smallest absolute Gasteiger partial charge is 0.417 e. The number of pyridine rings is 1. The van der Waals surface area contributed by atoms with Gasteiger partial charge >= 0.3 is 6.09 Å². The molecule has 0 unspecified atom stereocenters. The van der Waals surface area contributed by atoms with E-state index in [1.165, 1.54) is 4.90 Å². The van der Waals surface area contributed by atoms with Crippen LogP contribution >= 0.6 is 11.6 Å². The van der Waals surface area contributed by atoms with Crippen LogP contribution in [0.15, 0.2) is 12.3 Å². The molecule has 0 saturated carbocycles. The van der Waals surface area contributed by atoms with Gasteiger partial charge in [0.2, 0.25) is 0 Å². The van der Waals surface area contributed by atoms with Crippen LogP contribution in [0.25, 0.3) is 11.3 Å². The van der Waals surface area contributed by atoms with E-state index in [2.05, 4.69) is 9.97 Å². The van der Waals surface area contributed by atoms with Crippen molar-refractivity contribution >= 4 is 23.6 Å². The summed E-state index contributed by atoms with van der Waals surface area (Å²) in [6.45, 7) is 5.68. The summed E-state index contributed by atoms with van der Waals surface area (Å²) >= 11 is 6.06. The number of hydrogen-bond donors (Lipinski definition) is 1. The second-order valence-electron chi connectivity index (χ2n) is 7.68. The van der Waals surface area contributed by atoms with Crippen LogP contribution in [0, 0.1) is 0 Å². The van der Waals surface area contributed by atoms with E-state index in [4.69, 9.17) is 16.3 Å². The molecule has 1 aliphatic heterocycles. The first-order valence-electron chi connectivity index (χ1n) is 8.68. The van der Waals surface area contributed by atoms with Crippen LogP contribution in [0.3, 0.4) is 0 Å². The lowest BCUT2D eigenvalue weighted by Crippen LogP contribution is -2.44. The highest BCUT2D eigenvalue weighted by molar-refractivity contribution is 6.29. The number of amides is 2. The number of aromatic amines is 1. The molecule has 2 aromatic heterocycles. The molecule has 136 valence electrons. The molecular formula is C19H20ClN3O3. The third-order valence-electron chi connectivity index (χ3n) is 4.71. The van der Waals surface area contributed by atoms with Crippen LogP contribution < -0.4 is 0 Å². The van der Waals surface area contributed by atoms with Gasteiger partial charge in [-0.05, 0) is 50.8 Å². The fourth-order valence-corrected chi connectivity index (χ4v) is 3.78. The molecule has 0 aromatic carbocycles. The molecule has 26 heavy (non-hydrogen) atoms. The zero-order chi connectivity index (χ0) is 18.6. The van der Waals surface area contributed by atoms with Gasteiger partial charge in [0, 0.05) is 30.4 Å². The first-order valence-corrected chi connectivity index (χ1v) is 9.06. The molecular weight excluding hydrogens is 354 g/mol. The van der Waals surface area contributed by atoms with Crippen LogP contribution in [0.1, 0.15) is 48.0 Å². The van der Waals surface area contributed by atoms with E-state index in [1.54, 1.807) is 27.0 Å². The number of aromatic nitrogens is 2. The van der Waals surface area contributed by atoms with Crippen molar-refractivity contribution in [2.75, 3.05) is 6.54 Å². The summed E-state index contributed by atoms with van der Waals surface area (Å²) in [5.41, 5.74) is 4.80. The number of carbonyl (C=O) groups is 2. The lowest BCUT2D eigenvalue weighted by molar-refractivity contribution is 0.0233. The summed E-state index contributed by atoms with van der Waals surface area (Å²) in [4.78, 5) is 34.2. The topological polar surface area (TPSA) is 75.3 Å². The Morgan fingerprint density at radius 3 is 2.81 bits per heavy atom. The summed E-state index contributed by atoms with van der Waals surface area (Å²) < 4.78 is 5.39. The predicted molar refractivity (Wildman–Crippen MR) is 97.4 cm³/mol. The van der Waals surface area contributed by atoms with Gasteiger partial charge < -0.3 is 9.72 Å². The summed E-state index contributed by atoms with van der Waals surface area (Å²) in [6.07, 6.45) is 3.30. The first-order chi connectivity index (χ1) is 12.2. The molecule has 0 atom stereocenters. The van der Waals surface area contributed by atoms with Crippen molar-refractivity contribution in [3.63, 3.8) is 0 Å². The Bertz CT molecular complexity index is 927. The minimum Gasteiger partial charge on any atom is -0.443 e. The molecule has 0 spiro atoms. The number of aryl methyl sites for hydroxylation is 1. The standard InChI is InChI=1S/C19H20ClN3O3/c1-19(2,3)26-18(25)23-7-6-13-15(17(23)24)11-5-4-10-9-21-14(20)8-12(10)16(11)22-13/h8-9,22H,4-7H2,1-3H3. The number of carbonyl (C=O) groups excluding carboxylic acids is 2. The highest BCUT2D eigenvalue weighted by atomic mass is 35.5. The molecule has 0 bridgehead atoms. The molecule has 0 saturated heterocycles. The van der Waals surface area contributed by atoms with Gasteiger partial charge in [-0.25, -0.2) is 14.7 Å². The number of halogens is 1. The number of ether oxygens (including phenoxy) is 1. The highest BCUT2D eigenvalue weighted by Gasteiger charge is 2.37. The predicted octanol–water partition coefficient (Wildman–Crippen LogP) is 3.76. The van der Waals surface area contributed by atoms with Gasteiger partial charge in [0.15, 0.2) is 0 Å². The van der Waals surface area contributed by atoms with Crippen LogP contribution in [0.5, 0.6) is 0 Å². The van der Waals surface area contributed by atoms with Gasteiger partial charge in [-0.15, -0.1) is 0 Å². The second kappa shape index (κ2) is 5.84. The SMILES string of the molecule is CC(C)(C)OC(=O)N1CCc2[nH]c3c(c2C1=O)CCc1cnc(Cl)cc1-3. The maximum Gasteiger partial charge on any atom is 0.417 e. The van der Waals surface area contributed by atoms with Crippen molar-refractivity contribution in [3.05, 3.63) is 39.8 Å². The van der Waals surface area contributed by atoms with Crippen molar-refractivity contribution in [1.82, 2.24) is 14.9 Å². The van der Waals surface area contributed by atoms with Crippen LogP contribution in [-0.4, -0.2) is 39.0 Å². The molecule has 2 amide bonds.